The molecular formula is C23H29N5O2. The van der Waals surface area contributed by atoms with Crippen LogP contribution in [-0.2, 0) is 11.3 Å². The molecule has 2 saturated heterocycles. The van der Waals surface area contributed by atoms with Crippen molar-refractivity contribution in [2.24, 2.45) is 5.92 Å². The van der Waals surface area contributed by atoms with Crippen LogP contribution in [0.2, 0.25) is 0 Å². The zero-order valence-corrected chi connectivity index (χ0v) is 17.5. The molecule has 0 bridgehead atoms. The number of H-pyrrole nitrogens is 1. The predicted octanol–water partition coefficient (Wildman–Crippen LogP) is 3.10. The van der Waals surface area contributed by atoms with Gasteiger partial charge in [-0.05, 0) is 24.3 Å². The second-order valence-corrected chi connectivity index (χ2v) is 8.58. The van der Waals surface area contributed by atoms with Gasteiger partial charge in [0.2, 0.25) is 0 Å². The molecule has 158 valence electrons. The van der Waals surface area contributed by atoms with Gasteiger partial charge in [0, 0.05) is 38.8 Å². The molecule has 2 aliphatic heterocycles. The number of benzene rings is 1. The summed E-state index contributed by atoms with van der Waals surface area (Å²) in [4.78, 5) is 23.4. The monoisotopic (exact) mass is 407 g/mol. The van der Waals surface area contributed by atoms with E-state index in [4.69, 9.17) is 9.72 Å². The average Bonchev–Trinajstić information content (AvgIpc) is 3.39. The van der Waals surface area contributed by atoms with Gasteiger partial charge in [-0.2, -0.15) is 5.10 Å². The summed E-state index contributed by atoms with van der Waals surface area (Å²) in [6.07, 6.45) is 4.55. The van der Waals surface area contributed by atoms with E-state index in [0.717, 1.165) is 63.6 Å². The third kappa shape index (κ3) is 3.68. The fraction of sp³-hybridized carbons (Fsp3) is 0.522. The summed E-state index contributed by atoms with van der Waals surface area (Å²) in [5, 5.41) is 5.11. The third-order valence-electron chi connectivity index (χ3n) is 6.66. The highest BCUT2D eigenvalue weighted by Crippen LogP contribution is 2.34. The number of hydrogen-bond acceptors (Lipinski definition) is 5. The number of ether oxygens (including phenoxy) is 1. The van der Waals surface area contributed by atoms with Gasteiger partial charge in [0.15, 0.2) is 5.65 Å². The lowest BCUT2D eigenvalue weighted by Gasteiger charge is -2.23. The van der Waals surface area contributed by atoms with Crippen molar-refractivity contribution in [1.29, 1.82) is 0 Å². The minimum Gasteiger partial charge on any atom is -0.381 e. The maximum Gasteiger partial charge on any atom is 0.262 e. The van der Waals surface area contributed by atoms with Crippen LogP contribution in [0.25, 0.3) is 11.0 Å². The number of aromatic amines is 1. The maximum atomic E-state index is 12.8. The van der Waals surface area contributed by atoms with Crippen LogP contribution in [0.1, 0.15) is 49.5 Å². The molecule has 7 heteroatoms. The Morgan fingerprint density at radius 3 is 2.73 bits per heavy atom. The largest absolute Gasteiger partial charge is 0.381 e. The van der Waals surface area contributed by atoms with E-state index < -0.39 is 0 Å². The van der Waals surface area contributed by atoms with Gasteiger partial charge in [0.05, 0.1) is 12.2 Å². The molecule has 0 amide bonds. The first-order valence-electron chi connectivity index (χ1n) is 11.0. The van der Waals surface area contributed by atoms with Gasteiger partial charge in [-0.1, -0.05) is 43.7 Å². The van der Waals surface area contributed by atoms with E-state index in [0.29, 0.717) is 11.3 Å². The second-order valence-electron chi connectivity index (χ2n) is 8.58. The predicted molar refractivity (Wildman–Crippen MR) is 115 cm³/mol. The molecule has 2 unspecified atom stereocenters. The molecule has 3 aromatic rings. The van der Waals surface area contributed by atoms with E-state index >= 15 is 0 Å². The number of likely N-dealkylation sites (tertiary alicyclic amines) is 1. The van der Waals surface area contributed by atoms with Gasteiger partial charge in [-0.3, -0.25) is 9.69 Å². The Labute approximate surface area is 176 Å². The van der Waals surface area contributed by atoms with Crippen molar-refractivity contribution in [2.45, 2.75) is 44.7 Å². The number of nitrogens with one attached hydrogen (secondary N) is 1. The van der Waals surface area contributed by atoms with Crippen molar-refractivity contribution in [2.75, 3.05) is 26.3 Å². The smallest absolute Gasteiger partial charge is 0.262 e. The van der Waals surface area contributed by atoms with E-state index in [-0.39, 0.29) is 17.5 Å². The normalized spacial score (nSPS) is 23.4. The molecule has 0 saturated carbocycles. The number of aromatic nitrogens is 4. The zero-order valence-electron chi connectivity index (χ0n) is 17.5. The first-order chi connectivity index (χ1) is 14.7. The van der Waals surface area contributed by atoms with Gasteiger partial charge >= 0.3 is 0 Å². The molecule has 2 aromatic heterocycles. The van der Waals surface area contributed by atoms with Gasteiger partial charge in [-0.25, -0.2) is 9.67 Å². The van der Waals surface area contributed by atoms with E-state index in [1.807, 2.05) is 4.68 Å². The lowest BCUT2D eigenvalue weighted by molar-refractivity contribution is 0.0673. The molecule has 0 spiro atoms. The number of hydrogen-bond donors (Lipinski definition) is 1. The van der Waals surface area contributed by atoms with Crippen LogP contribution in [0.3, 0.4) is 0 Å². The average molecular weight is 408 g/mol. The maximum absolute atomic E-state index is 12.8. The van der Waals surface area contributed by atoms with E-state index in [9.17, 15) is 4.79 Å². The summed E-state index contributed by atoms with van der Waals surface area (Å²) in [7, 11) is 0. The summed E-state index contributed by atoms with van der Waals surface area (Å²) < 4.78 is 7.45. The van der Waals surface area contributed by atoms with Crippen LogP contribution in [-0.4, -0.2) is 51.0 Å². The Balaban J connectivity index is 1.45. The lowest BCUT2D eigenvalue weighted by atomic mass is 9.93. The van der Waals surface area contributed by atoms with Crippen molar-refractivity contribution < 1.29 is 4.74 Å². The van der Waals surface area contributed by atoms with Gasteiger partial charge in [-0.15, -0.1) is 0 Å². The Hall–Kier alpha value is -2.51. The van der Waals surface area contributed by atoms with Crippen molar-refractivity contribution in [3.05, 3.63) is 58.3 Å². The Bertz CT molecular complexity index is 1050. The van der Waals surface area contributed by atoms with E-state index in [1.165, 1.54) is 5.56 Å². The number of fused-ring (bicyclic) bond motifs is 1. The van der Waals surface area contributed by atoms with Crippen LogP contribution in [0.5, 0.6) is 0 Å². The number of nitrogens with zero attached hydrogens (tertiary/aromatic N) is 4. The van der Waals surface area contributed by atoms with E-state index in [2.05, 4.69) is 52.2 Å². The number of rotatable bonds is 5. The van der Waals surface area contributed by atoms with Crippen LogP contribution < -0.4 is 5.56 Å². The van der Waals surface area contributed by atoms with Gasteiger partial charge in [0.1, 0.15) is 11.2 Å². The summed E-state index contributed by atoms with van der Waals surface area (Å²) in [5.74, 6) is 1.52. The van der Waals surface area contributed by atoms with Crippen LogP contribution in [0, 0.1) is 5.92 Å². The second kappa shape index (κ2) is 8.32. The van der Waals surface area contributed by atoms with Crippen LogP contribution >= 0.6 is 0 Å². The Kier molecular flexibility index (Phi) is 5.39. The first kappa shape index (κ1) is 19.5. The first-order valence-corrected chi connectivity index (χ1v) is 11.0. The summed E-state index contributed by atoms with van der Waals surface area (Å²) >= 11 is 0. The van der Waals surface area contributed by atoms with Gasteiger partial charge in [0.25, 0.3) is 5.56 Å². The molecule has 2 aliphatic rings. The molecular weight excluding hydrogens is 378 g/mol. The minimum absolute atomic E-state index is 0.0790. The van der Waals surface area contributed by atoms with Crippen molar-refractivity contribution in [1.82, 2.24) is 24.6 Å². The molecule has 0 radical (unpaired) electrons. The van der Waals surface area contributed by atoms with Gasteiger partial charge < -0.3 is 9.72 Å². The zero-order chi connectivity index (χ0) is 20.5. The molecule has 2 atom stereocenters. The Morgan fingerprint density at radius 2 is 1.97 bits per heavy atom. The quantitative estimate of drug-likeness (QED) is 0.703. The molecule has 30 heavy (non-hydrogen) atoms. The van der Waals surface area contributed by atoms with E-state index in [1.54, 1.807) is 6.20 Å². The lowest BCUT2D eigenvalue weighted by Crippen LogP contribution is -2.23. The summed E-state index contributed by atoms with van der Waals surface area (Å²) in [6.45, 7) is 6.56. The highest BCUT2D eigenvalue weighted by Gasteiger charge is 2.35. The highest BCUT2D eigenvalue weighted by atomic mass is 16.5. The topological polar surface area (TPSA) is 76.0 Å². The summed E-state index contributed by atoms with van der Waals surface area (Å²) in [5.41, 5.74) is 1.96. The highest BCUT2D eigenvalue weighted by molar-refractivity contribution is 5.73. The Morgan fingerprint density at radius 1 is 1.17 bits per heavy atom. The van der Waals surface area contributed by atoms with Crippen LogP contribution in [0.15, 0.2) is 41.3 Å². The SMILES string of the molecule is CCC1CN(Cc2ccccc2)CC1c1nc2c(cnn2C2CCOCC2)c(=O)[nH]1. The van der Waals surface area contributed by atoms with Crippen molar-refractivity contribution >= 4 is 11.0 Å². The molecule has 2 fully saturated rings. The molecule has 5 rings (SSSR count). The van der Waals surface area contributed by atoms with Crippen molar-refractivity contribution in [3.8, 4) is 0 Å². The van der Waals surface area contributed by atoms with Crippen molar-refractivity contribution in [3.63, 3.8) is 0 Å². The minimum atomic E-state index is -0.0790. The molecule has 1 N–H and O–H groups in total. The van der Waals surface area contributed by atoms with Crippen LogP contribution in [0.4, 0.5) is 0 Å². The fourth-order valence-electron chi connectivity index (χ4n) is 4.98. The standard InChI is InChI=1S/C23H29N5O2/c1-2-17-14-27(13-16-6-4-3-5-7-16)15-20(17)21-25-22-19(23(29)26-21)12-24-28(22)18-8-10-30-11-9-18/h3-7,12,17-18,20H,2,8-11,13-15H2,1H3,(H,25,26,29). The molecule has 7 nitrogen and oxygen atoms in total. The summed E-state index contributed by atoms with van der Waals surface area (Å²) in [6, 6.07) is 10.8. The fourth-order valence-corrected chi connectivity index (χ4v) is 4.98. The molecule has 4 heterocycles. The molecule has 0 aliphatic carbocycles. The molecule has 1 aromatic carbocycles. The third-order valence-corrected chi connectivity index (χ3v) is 6.66.